The van der Waals surface area contributed by atoms with Gasteiger partial charge in [0, 0.05) is 6.54 Å². The predicted molar refractivity (Wildman–Crippen MR) is 103 cm³/mol. The van der Waals surface area contributed by atoms with E-state index in [1.54, 1.807) is 37.3 Å². The molecule has 0 saturated carbocycles. The molecule has 2 aromatic rings. The first-order valence-corrected chi connectivity index (χ1v) is 9.99. The van der Waals surface area contributed by atoms with Crippen LogP contribution in [0.5, 0.6) is 0 Å². The number of hydrogen-bond acceptors (Lipinski definition) is 3. The van der Waals surface area contributed by atoms with E-state index in [-0.39, 0.29) is 17.5 Å². The number of halogens is 2. The minimum atomic E-state index is -3.53. The molecular formula is C17H19Cl2N3O3S. The highest BCUT2D eigenvalue weighted by Crippen LogP contribution is 2.29. The fourth-order valence-corrected chi connectivity index (χ4v) is 3.57. The normalized spacial score (nSPS) is 12.5. The lowest BCUT2D eigenvalue weighted by molar-refractivity contribution is 0.237. The van der Waals surface area contributed by atoms with Gasteiger partial charge in [-0.3, -0.25) is 0 Å². The van der Waals surface area contributed by atoms with Gasteiger partial charge in [0.05, 0.1) is 21.0 Å². The van der Waals surface area contributed by atoms with Crippen LogP contribution in [0.15, 0.2) is 47.4 Å². The maximum absolute atomic E-state index is 12.1. The van der Waals surface area contributed by atoms with E-state index in [1.165, 1.54) is 19.2 Å². The molecule has 2 rings (SSSR count). The Kier molecular flexibility index (Phi) is 6.88. The molecule has 2 aromatic carbocycles. The van der Waals surface area contributed by atoms with Crippen LogP contribution >= 0.6 is 23.2 Å². The molecule has 0 fully saturated rings. The molecule has 0 aliphatic heterocycles. The second kappa shape index (κ2) is 8.73. The van der Waals surface area contributed by atoms with Gasteiger partial charge in [-0.2, -0.15) is 0 Å². The van der Waals surface area contributed by atoms with E-state index in [1.807, 2.05) is 0 Å². The fourth-order valence-electron chi connectivity index (χ4n) is 2.30. The number of carbonyl (C=O) groups excluding carboxylic acids is 1. The molecule has 1 atom stereocenters. The average Bonchev–Trinajstić information content (AvgIpc) is 2.62. The van der Waals surface area contributed by atoms with Crippen molar-refractivity contribution in [3.05, 3.63) is 63.6 Å². The number of sulfonamides is 1. The first-order chi connectivity index (χ1) is 12.2. The molecule has 26 heavy (non-hydrogen) atoms. The lowest BCUT2D eigenvalue weighted by Gasteiger charge is -2.17. The summed E-state index contributed by atoms with van der Waals surface area (Å²) in [5.74, 6) is 0. The zero-order valence-corrected chi connectivity index (χ0v) is 16.5. The van der Waals surface area contributed by atoms with Crippen molar-refractivity contribution in [1.82, 2.24) is 15.4 Å². The van der Waals surface area contributed by atoms with Gasteiger partial charge in [-0.15, -0.1) is 0 Å². The predicted octanol–water partition coefficient (Wildman–Crippen LogP) is 3.46. The summed E-state index contributed by atoms with van der Waals surface area (Å²) in [4.78, 5) is 12.2. The summed E-state index contributed by atoms with van der Waals surface area (Å²) < 4.78 is 25.9. The monoisotopic (exact) mass is 415 g/mol. The van der Waals surface area contributed by atoms with Crippen molar-refractivity contribution in [2.24, 2.45) is 0 Å². The molecule has 3 N–H and O–H groups in total. The zero-order valence-electron chi connectivity index (χ0n) is 14.2. The summed E-state index contributed by atoms with van der Waals surface area (Å²) in [6.45, 7) is 1.96. The van der Waals surface area contributed by atoms with Gasteiger partial charge in [0.25, 0.3) is 0 Å². The van der Waals surface area contributed by atoms with E-state index in [9.17, 15) is 13.2 Å². The number of urea groups is 1. The molecule has 0 bridgehead atoms. The van der Waals surface area contributed by atoms with E-state index in [0.717, 1.165) is 0 Å². The summed E-state index contributed by atoms with van der Waals surface area (Å²) in [5, 5.41) is 6.27. The number of carbonyl (C=O) groups is 1. The summed E-state index contributed by atoms with van der Waals surface area (Å²) in [5.41, 5.74) is 1.36. The minimum Gasteiger partial charge on any atom is -0.334 e. The Morgan fingerprint density at radius 2 is 1.85 bits per heavy atom. The van der Waals surface area contributed by atoms with Gasteiger partial charge in [-0.25, -0.2) is 17.9 Å². The Bertz CT molecular complexity index is 904. The SMILES string of the molecule is CNS(=O)(=O)c1cccc(CNC(=O)NC(C)c2cccc(Cl)c2Cl)c1. The van der Waals surface area contributed by atoms with Gasteiger partial charge in [-0.1, -0.05) is 47.5 Å². The molecule has 6 nitrogen and oxygen atoms in total. The summed E-state index contributed by atoms with van der Waals surface area (Å²) in [6, 6.07) is 10.8. The van der Waals surface area contributed by atoms with Crippen LogP contribution in [0, 0.1) is 0 Å². The van der Waals surface area contributed by atoms with Crippen LogP contribution in [0.2, 0.25) is 10.0 Å². The van der Waals surface area contributed by atoms with Crippen LogP contribution in [0.25, 0.3) is 0 Å². The second-order valence-electron chi connectivity index (χ2n) is 5.55. The highest BCUT2D eigenvalue weighted by Gasteiger charge is 2.15. The Balaban J connectivity index is 1.99. The molecule has 140 valence electrons. The fraction of sp³-hybridized carbons (Fsp3) is 0.235. The molecule has 0 aliphatic rings. The van der Waals surface area contributed by atoms with Crippen molar-refractivity contribution in [3.63, 3.8) is 0 Å². The number of nitrogens with one attached hydrogen (secondary N) is 3. The van der Waals surface area contributed by atoms with Gasteiger partial charge < -0.3 is 10.6 Å². The van der Waals surface area contributed by atoms with Crippen LogP contribution in [-0.2, 0) is 16.6 Å². The third kappa shape index (κ3) is 5.11. The first kappa shape index (κ1) is 20.5. The van der Waals surface area contributed by atoms with E-state index in [4.69, 9.17) is 23.2 Å². The van der Waals surface area contributed by atoms with Gasteiger partial charge in [0.1, 0.15) is 0 Å². The average molecular weight is 416 g/mol. The van der Waals surface area contributed by atoms with E-state index < -0.39 is 16.1 Å². The Morgan fingerprint density at radius 1 is 1.15 bits per heavy atom. The maximum atomic E-state index is 12.1. The summed E-state index contributed by atoms with van der Waals surface area (Å²) in [7, 11) is -2.19. The first-order valence-electron chi connectivity index (χ1n) is 7.75. The van der Waals surface area contributed by atoms with Crippen molar-refractivity contribution in [2.75, 3.05) is 7.05 Å². The molecule has 0 heterocycles. The maximum Gasteiger partial charge on any atom is 0.315 e. The molecule has 1 unspecified atom stereocenters. The van der Waals surface area contributed by atoms with Gasteiger partial charge in [0.2, 0.25) is 10.0 Å². The van der Waals surface area contributed by atoms with Crippen molar-refractivity contribution >= 4 is 39.3 Å². The highest BCUT2D eigenvalue weighted by molar-refractivity contribution is 7.89. The van der Waals surface area contributed by atoms with Crippen LogP contribution in [-0.4, -0.2) is 21.5 Å². The lowest BCUT2D eigenvalue weighted by Crippen LogP contribution is -2.36. The number of amides is 2. The standard InChI is InChI=1S/C17H19Cl2N3O3S/c1-11(14-7-4-8-15(18)16(14)19)22-17(23)21-10-12-5-3-6-13(9-12)26(24,25)20-2/h3-9,11,20H,10H2,1-2H3,(H2,21,22,23). The topological polar surface area (TPSA) is 87.3 Å². The second-order valence-corrected chi connectivity index (χ2v) is 8.22. The van der Waals surface area contributed by atoms with Gasteiger partial charge in [0.15, 0.2) is 0 Å². The van der Waals surface area contributed by atoms with Gasteiger partial charge in [-0.05, 0) is 43.3 Å². The number of rotatable bonds is 6. The smallest absolute Gasteiger partial charge is 0.315 e. The number of benzene rings is 2. The van der Waals surface area contributed by atoms with Crippen molar-refractivity contribution < 1.29 is 13.2 Å². The molecule has 2 amide bonds. The molecule has 0 aromatic heterocycles. The third-order valence-electron chi connectivity index (χ3n) is 3.73. The molecule has 0 aliphatic carbocycles. The van der Waals surface area contributed by atoms with E-state index >= 15 is 0 Å². The highest BCUT2D eigenvalue weighted by atomic mass is 35.5. The summed E-state index contributed by atoms with van der Waals surface area (Å²) >= 11 is 12.1. The van der Waals surface area contributed by atoms with Crippen LogP contribution < -0.4 is 15.4 Å². The minimum absolute atomic E-state index is 0.138. The van der Waals surface area contributed by atoms with Crippen LogP contribution in [0.3, 0.4) is 0 Å². The van der Waals surface area contributed by atoms with Crippen molar-refractivity contribution in [2.45, 2.75) is 24.4 Å². The quantitative estimate of drug-likeness (QED) is 0.674. The third-order valence-corrected chi connectivity index (χ3v) is 5.97. The molecule has 0 radical (unpaired) electrons. The van der Waals surface area contributed by atoms with Crippen LogP contribution in [0.1, 0.15) is 24.1 Å². The summed E-state index contributed by atoms with van der Waals surface area (Å²) in [6.07, 6.45) is 0. The Labute approximate surface area is 162 Å². The van der Waals surface area contributed by atoms with E-state index in [0.29, 0.717) is 21.2 Å². The number of hydrogen-bond donors (Lipinski definition) is 3. The molecule has 0 saturated heterocycles. The van der Waals surface area contributed by atoms with Crippen molar-refractivity contribution in [1.29, 1.82) is 0 Å². The Morgan fingerprint density at radius 3 is 2.54 bits per heavy atom. The van der Waals surface area contributed by atoms with E-state index in [2.05, 4.69) is 15.4 Å². The zero-order chi connectivity index (χ0) is 19.3. The molecule has 9 heteroatoms. The van der Waals surface area contributed by atoms with Crippen molar-refractivity contribution in [3.8, 4) is 0 Å². The largest absolute Gasteiger partial charge is 0.334 e. The van der Waals surface area contributed by atoms with Crippen LogP contribution in [0.4, 0.5) is 4.79 Å². The lowest BCUT2D eigenvalue weighted by atomic mass is 10.1. The Hall–Kier alpha value is -1.80. The van der Waals surface area contributed by atoms with Gasteiger partial charge >= 0.3 is 6.03 Å². The molecular weight excluding hydrogens is 397 g/mol. The molecule has 0 spiro atoms.